The van der Waals surface area contributed by atoms with Gasteiger partial charge in [-0.15, -0.1) is 0 Å². The van der Waals surface area contributed by atoms with Gasteiger partial charge in [0.1, 0.15) is 11.4 Å². The normalized spacial score (nSPS) is 20.0. The molecular weight excluding hydrogens is 390 g/mol. The lowest BCUT2D eigenvalue weighted by Crippen LogP contribution is -2.48. The van der Waals surface area contributed by atoms with Gasteiger partial charge in [-0.3, -0.25) is 4.79 Å². The Labute approximate surface area is 176 Å². The van der Waals surface area contributed by atoms with Crippen LogP contribution in [0, 0.1) is 6.92 Å². The number of aliphatic hydroxyl groups is 1. The van der Waals surface area contributed by atoms with E-state index in [0.717, 1.165) is 40.8 Å². The molecular formula is C23H26ClNO4. The lowest BCUT2D eigenvalue weighted by molar-refractivity contribution is -0.123. The number of halogens is 1. The number of carbonyl (C=O) groups is 1. The molecule has 2 aliphatic heterocycles. The molecule has 1 unspecified atom stereocenters. The van der Waals surface area contributed by atoms with Crippen LogP contribution in [0.3, 0.4) is 0 Å². The number of fused-ring (bicyclic) bond motifs is 1. The summed E-state index contributed by atoms with van der Waals surface area (Å²) < 4.78 is 12.0. The number of amides is 1. The largest absolute Gasteiger partial charge is 0.487 e. The molecule has 1 spiro atoms. The Hall–Kier alpha value is -2.08. The minimum Gasteiger partial charge on any atom is -0.487 e. The van der Waals surface area contributed by atoms with Crippen molar-refractivity contribution < 1.29 is 19.4 Å². The average Bonchev–Trinajstić information content (AvgIpc) is 2.70. The molecule has 5 nitrogen and oxygen atoms in total. The fourth-order valence-electron chi connectivity index (χ4n) is 4.29. The Morgan fingerprint density at radius 3 is 2.79 bits per heavy atom. The van der Waals surface area contributed by atoms with Crippen LogP contribution in [0.2, 0.25) is 5.02 Å². The van der Waals surface area contributed by atoms with Crippen molar-refractivity contribution in [1.29, 1.82) is 0 Å². The lowest BCUT2D eigenvalue weighted by atomic mass is 9.81. The predicted octanol–water partition coefficient (Wildman–Crippen LogP) is 4.19. The third-order valence-corrected chi connectivity index (χ3v) is 6.11. The van der Waals surface area contributed by atoms with Crippen molar-refractivity contribution in [2.75, 3.05) is 19.8 Å². The van der Waals surface area contributed by atoms with Crippen LogP contribution in [0.25, 0.3) is 11.1 Å². The third-order valence-electron chi connectivity index (χ3n) is 5.88. The molecule has 0 aromatic heterocycles. The Morgan fingerprint density at radius 1 is 1.24 bits per heavy atom. The molecule has 0 bridgehead atoms. The van der Waals surface area contributed by atoms with E-state index in [-0.39, 0.29) is 30.6 Å². The van der Waals surface area contributed by atoms with Gasteiger partial charge in [0.05, 0.1) is 25.9 Å². The quantitative estimate of drug-likeness (QED) is 0.785. The summed E-state index contributed by atoms with van der Waals surface area (Å²) in [6, 6.07) is 11.8. The summed E-state index contributed by atoms with van der Waals surface area (Å²) >= 11 is 6.22. The molecule has 2 heterocycles. The molecule has 0 saturated carbocycles. The van der Waals surface area contributed by atoms with Gasteiger partial charge in [0.2, 0.25) is 5.91 Å². The van der Waals surface area contributed by atoms with Gasteiger partial charge in [-0.1, -0.05) is 23.7 Å². The van der Waals surface area contributed by atoms with Crippen molar-refractivity contribution in [2.45, 2.75) is 44.2 Å². The molecule has 2 aromatic carbocycles. The van der Waals surface area contributed by atoms with E-state index >= 15 is 0 Å². The van der Waals surface area contributed by atoms with Gasteiger partial charge in [0.15, 0.2) is 0 Å². The monoisotopic (exact) mass is 415 g/mol. The molecule has 2 aliphatic rings. The predicted molar refractivity (Wildman–Crippen MR) is 112 cm³/mol. The van der Waals surface area contributed by atoms with Crippen molar-refractivity contribution in [3.05, 3.63) is 52.5 Å². The summed E-state index contributed by atoms with van der Waals surface area (Å²) in [7, 11) is 0. The molecule has 4 rings (SSSR count). The minimum atomic E-state index is -0.324. The van der Waals surface area contributed by atoms with E-state index in [1.165, 1.54) is 0 Å². The first-order chi connectivity index (χ1) is 14.0. The highest BCUT2D eigenvalue weighted by Gasteiger charge is 2.42. The second-order valence-electron chi connectivity index (χ2n) is 7.91. The Kier molecular flexibility index (Phi) is 5.81. The van der Waals surface area contributed by atoms with Crippen LogP contribution in [0.4, 0.5) is 0 Å². The summed E-state index contributed by atoms with van der Waals surface area (Å²) in [6.45, 7) is 3.21. The first-order valence-corrected chi connectivity index (χ1v) is 10.4. The van der Waals surface area contributed by atoms with Crippen LogP contribution < -0.4 is 10.1 Å². The van der Waals surface area contributed by atoms with E-state index < -0.39 is 0 Å². The maximum absolute atomic E-state index is 12.3. The molecule has 29 heavy (non-hydrogen) atoms. The molecule has 0 aliphatic carbocycles. The molecule has 2 N–H and O–H groups in total. The van der Waals surface area contributed by atoms with Gasteiger partial charge in [0, 0.05) is 36.3 Å². The first kappa shape index (κ1) is 20.2. The number of aryl methyl sites for hydroxylation is 1. The summed E-state index contributed by atoms with van der Waals surface area (Å²) in [6.07, 6.45) is 2.39. The number of rotatable bonds is 4. The van der Waals surface area contributed by atoms with E-state index in [0.29, 0.717) is 24.7 Å². The topological polar surface area (TPSA) is 67.8 Å². The summed E-state index contributed by atoms with van der Waals surface area (Å²) in [4.78, 5) is 12.3. The van der Waals surface area contributed by atoms with Gasteiger partial charge in [-0.25, -0.2) is 0 Å². The molecule has 1 fully saturated rings. The van der Waals surface area contributed by atoms with Gasteiger partial charge < -0.3 is 19.9 Å². The number of nitrogens with one attached hydrogen (secondary N) is 1. The summed E-state index contributed by atoms with van der Waals surface area (Å²) in [5.41, 5.74) is 3.87. The maximum Gasteiger partial charge on any atom is 0.222 e. The zero-order valence-corrected chi connectivity index (χ0v) is 17.3. The van der Waals surface area contributed by atoms with Crippen molar-refractivity contribution in [1.82, 2.24) is 5.32 Å². The number of benzene rings is 2. The molecule has 1 atom stereocenters. The second kappa shape index (κ2) is 8.34. The number of hydrogen-bond acceptors (Lipinski definition) is 4. The van der Waals surface area contributed by atoms with E-state index in [9.17, 15) is 4.79 Å². The van der Waals surface area contributed by atoms with E-state index in [4.69, 9.17) is 26.2 Å². The number of ether oxygens (including phenoxy) is 2. The fourth-order valence-corrected chi connectivity index (χ4v) is 4.46. The Balaban J connectivity index is 1.73. The van der Waals surface area contributed by atoms with Crippen LogP contribution in [-0.4, -0.2) is 36.4 Å². The SMILES string of the molecule is Cc1ccc(Cl)cc1-c1ccc2c(c1)C(NC(=O)CCO)CC1(CCOCC1)O2. The smallest absolute Gasteiger partial charge is 0.222 e. The summed E-state index contributed by atoms with van der Waals surface area (Å²) in [5.74, 6) is 0.646. The molecule has 0 radical (unpaired) electrons. The first-order valence-electron chi connectivity index (χ1n) is 10.1. The van der Waals surface area contributed by atoms with Crippen LogP contribution in [0.5, 0.6) is 5.75 Å². The summed E-state index contributed by atoms with van der Waals surface area (Å²) in [5, 5.41) is 12.9. The lowest BCUT2D eigenvalue weighted by Gasteiger charge is -2.44. The second-order valence-corrected chi connectivity index (χ2v) is 8.34. The third kappa shape index (κ3) is 4.27. The van der Waals surface area contributed by atoms with E-state index in [1.807, 2.05) is 30.3 Å². The van der Waals surface area contributed by atoms with Gasteiger partial charge in [0.25, 0.3) is 0 Å². The fraction of sp³-hybridized carbons (Fsp3) is 0.435. The minimum absolute atomic E-state index is 0.0931. The van der Waals surface area contributed by atoms with Gasteiger partial charge in [-0.05, 0) is 47.9 Å². The van der Waals surface area contributed by atoms with Crippen molar-refractivity contribution >= 4 is 17.5 Å². The van der Waals surface area contributed by atoms with Gasteiger partial charge in [-0.2, -0.15) is 0 Å². The maximum atomic E-state index is 12.3. The van der Waals surface area contributed by atoms with Crippen LogP contribution in [0.1, 0.15) is 42.9 Å². The Morgan fingerprint density at radius 2 is 2.03 bits per heavy atom. The average molecular weight is 416 g/mol. The standard InChI is InChI=1S/C23H26ClNO4/c1-15-2-4-17(24)13-18(15)16-3-5-21-19(12-16)20(25-22(27)6-9-26)14-23(29-21)7-10-28-11-8-23/h2-5,12-13,20,26H,6-11,14H2,1H3,(H,25,27). The Bertz CT molecular complexity index is 908. The van der Waals surface area contributed by atoms with Crippen molar-refractivity contribution in [2.24, 2.45) is 0 Å². The number of hydrogen-bond donors (Lipinski definition) is 2. The van der Waals surface area contributed by atoms with Crippen LogP contribution >= 0.6 is 11.6 Å². The molecule has 1 amide bonds. The van der Waals surface area contributed by atoms with Crippen LogP contribution in [-0.2, 0) is 9.53 Å². The number of carbonyl (C=O) groups excluding carboxylic acids is 1. The zero-order valence-electron chi connectivity index (χ0n) is 16.5. The van der Waals surface area contributed by atoms with Crippen LogP contribution in [0.15, 0.2) is 36.4 Å². The zero-order chi connectivity index (χ0) is 20.4. The highest BCUT2D eigenvalue weighted by molar-refractivity contribution is 6.30. The molecule has 6 heteroatoms. The van der Waals surface area contributed by atoms with Gasteiger partial charge >= 0.3 is 0 Å². The molecule has 154 valence electrons. The molecule has 1 saturated heterocycles. The number of aliphatic hydroxyl groups excluding tert-OH is 1. The van der Waals surface area contributed by atoms with E-state index in [2.05, 4.69) is 18.3 Å². The van der Waals surface area contributed by atoms with Crippen molar-refractivity contribution in [3.8, 4) is 16.9 Å². The highest BCUT2D eigenvalue weighted by Crippen LogP contribution is 2.45. The van der Waals surface area contributed by atoms with Crippen molar-refractivity contribution in [3.63, 3.8) is 0 Å². The molecule has 2 aromatic rings. The highest BCUT2D eigenvalue weighted by atomic mass is 35.5. The van der Waals surface area contributed by atoms with E-state index in [1.54, 1.807) is 0 Å².